The molecule has 0 spiro atoms. The largest absolute Gasteiger partial charge is 0.286 e. The summed E-state index contributed by atoms with van der Waals surface area (Å²) in [6, 6.07) is 9.73. The predicted molar refractivity (Wildman–Crippen MR) is 104 cm³/mol. The first-order chi connectivity index (χ1) is 11.7. The highest BCUT2D eigenvalue weighted by Crippen LogP contribution is 2.25. The Kier molecular flexibility index (Phi) is 5.98. The Morgan fingerprint density at radius 2 is 2.17 bits per heavy atom. The summed E-state index contributed by atoms with van der Waals surface area (Å²) in [6.07, 6.45) is 3.25. The van der Waals surface area contributed by atoms with Crippen LogP contribution in [0.5, 0.6) is 0 Å². The lowest BCUT2D eigenvalue weighted by Gasteiger charge is -2.12. The van der Waals surface area contributed by atoms with Crippen LogP contribution in [0.15, 0.2) is 45.7 Å². The third-order valence-electron chi connectivity index (χ3n) is 3.77. The molecule has 3 nitrogen and oxygen atoms in total. The topological polar surface area (TPSA) is 34.9 Å². The maximum absolute atomic E-state index is 12.8. The van der Waals surface area contributed by atoms with Crippen molar-refractivity contribution in [1.82, 2.24) is 9.55 Å². The molecule has 0 bridgehead atoms. The van der Waals surface area contributed by atoms with Gasteiger partial charge in [-0.15, -0.1) is 11.3 Å². The number of nitrogens with zero attached hydrogens (tertiary/aromatic N) is 2. The number of fused-ring (bicyclic) bond motifs is 1. The van der Waals surface area contributed by atoms with Gasteiger partial charge in [-0.3, -0.25) is 9.36 Å². The smallest absolute Gasteiger partial charge is 0.272 e. The minimum Gasteiger partial charge on any atom is -0.286 e. The second-order valence-corrected chi connectivity index (χ2v) is 7.91. The summed E-state index contributed by atoms with van der Waals surface area (Å²) < 4.78 is 2.59. The molecule has 0 aliphatic rings. The van der Waals surface area contributed by atoms with Crippen LogP contribution in [0.1, 0.15) is 31.7 Å². The van der Waals surface area contributed by atoms with Gasteiger partial charge in [-0.25, -0.2) is 4.98 Å². The van der Waals surface area contributed by atoms with E-state index in [0.29, 0.717) is 0 Å². The number of thiophene rings is 1. The van der Waals surface area contributed by atoms with Crippen molar-refractivity contribution >= 4 is 44.9 Å². The van der Waals surface area contributed by atoms with E-state index in [9.17, 15) is 4.79 Å². The average Bonchev–Trinajstić information content (AvgIpc) is 3.04. The van der Waals surface area contributed by atoms with Crippen molar-refractivity contribution < 1.29 is 0 Å². The molecular formula is C18H19ClN2OS2. The third-order valence-corrected chi connectivity index (χ3v) is 5.95. The number of unbranched alkanes of at least 4 members (excludes halogenated alkanes) is 2. The third kappa shape index (κ3) is 4.02. The van der Waals surface area contributed by atoms with Crippen molar-refractivity contribution in [2.45, 2.75) is 43.6 Å². The fraction of sp³-hybridized carbons (Fsp3) is 0.333. The number of rotatable bonds is 7. The van der Waals surface area contributed by atoms with E-state index in [1.807, 2.05) is 40.3 Å². The van der Waals surface area contributed by atoms with E-state index in [4.69, 9.17) is 16.6 Å². The molecule has 1 aromatic carbocycles. The van der Waals surface area contributed by atoms with Gasteiger partial charge in [0.2, 0.25) is 0 Å². The molecule has 3 rings (SSSR count). The summed E-state index contributed by atoms with van der Waals surface area (Å²) in [5, 5.41) is 3.46. The Morgan fingerprint density at radius 1 is 1.29 bits per heavy atom. The monoisotopic (exact) mass is 378 g/mol. The molecule has 24 heavy (non-hydrogen) atoms. The molecule has 3 aromatic rings. The summed E-state index contributed by atoms with van der Waals surface area (Å²) in [4.78, 5) is 17.5. The molecule has 0 radical (unpaired) electrons. The second-order valence-electron chi connectivity index (χ2n) is 5.61. The molecule has 0 fully saturated rings. The standard InChI is InChI=1S/C18H19ClN2OS2/c1-2-3-4-9-21-17(22)16-15(8-10-23-16)20-18(21)24-12-13-6-5-7-14(19)11-13/h5-8,10-11H,2-4,9,12H2,1H3. The van der Waals surface area contributed by atoms with Crippen LogP contribution in [0, 0.1) is 0 Å². The average molecular weight is 379 g/mol. The van der Waals surface area contributed by atoms with Crippen LogP contribution >= 0.6 is 34.7 Å². The maximum Gasteiger partial charge on any atom is 0.272 e. The van der Waals surface area contributed by atoms with Crippen LogP contribution < -0.4 is 5.56 Å². The Bertz CT molecular complexity index is 888. The van der Waals surface area contributed by atoms with Gasteiger partial charge in [0.25, 0.3) is 5.56 Å². The highest BCUT2D eigenvalue weighted by atomic mass is 35.5. The van der Waals surface area contributed by atoms with E-state index >= 15 is 0 Å². The SMILES string of the molecule is CCCCCn1c(SCc2cccc(Cl)c2)nc2ccsc2c1=O. The molecule has 0 N–H and O–H groups in total. The van der Waals surface area contributed by atoms with Crippen molar-refractivity contribution in [3.05, 3.63) is 56.7 Å². The van der Waals surface area contributed by atoms with Crippen LogP contribution in [-0.4, -0.2) is 9.55 Å². The first-order valence-electron chi connectivity index (χ1n) is 8.04. The maximum atomic E-state index is 12.8. The number of halogens is 1. The van der Waals surface area contributed by atoms with Crippen LogP contribution in [0.25, 0.3) is 10.2 Å². The van der Waals surface area contributed by atoms with Gasteiger partial charge in [0.15, 0.2) is 5.16 Å². The molecule has 126 valence electrons. The Balaban J connectivity index is 1.89. The summed E-state index contributed by atoms with van der Waals surface area (Å²) in [5.41, 5.74) is 2.01. The molecule has 2 heterocycles. The zero-order chi connectivity index (χ0) is 16.9. The van der Waals surface area contributed by atoms with Crippen molar-refractivity contribution in [3.8, 4) is 0 Å². The van der Waals surface area contributed by atoms with Crippen molar-refractivity contribution in [3.63, 3.8) is 0 Å². The van der Waals surface area contributed by atoms with Crippen LogP contribution in [0.2, 0.25) is 5.02 Å². The lowest BCUT2D eigenvalue weighted by atomic mass is 10.2. The van der Waals surface area contributed by atoms with E-state index in [1.165, 1.54) is 11.3 Å². The first-order valence-corrected chi connectivity index (χ1v) is 10.3. The molecule has 0 aliphatic heterocycles. The van der Waals surface area contributed by atoms with Crippen LogP contribution in [0.3, 0.4) is 0 Å². The van der Waals surface area contributed by atoms with Gasteiger partial charge in [-0.1, -0.05) is 55.3 Å². The molecule has 0 saturated carbocycles. The summed E-state index contributed by atoms with van der Waals surface area (Å²) in [5.74, 6) is 0.746. The molecule has 0 atom stereocenters. The highest BCUT2D eigenvalue weighted by Gasteiger charge is 2.12. The van der Waals surface area contributed by atoms with Gasteiger partial charge in [0.1, 0.15) is 4.70 Å². The van der Waals surface area contributed by atoms with Gasteiger partial charge in [0.05, 0.1) is 5.52 Å². The lowest BCUT2D eigenvalue weighted by molar-refractivity contribution is 0.542. The minimum atomic E-state index is 0.0831. The van der Waals surface area contributed by atoms with E-state index in [1.54, 1.807) is 11.8 Å². The van der Waals surface area contributed by atoms with Gasteiger partial charge in [0, 0.05) is 17.3 Å². The first kappa shape index (κ1) is 17.5. The van der Waals surface area contributed by atoms with E-state index in [2.05, 4.69) is 6.92 Å². The second kappa shape index (κ2) is 8.19. The van der Waals surface area contributed by atoms with Crippen molar-refractivity contribution in [2.75, 3.05) is 0 Å². The normalized spacial score (nSPS) is 11.2. The molecule has 0 unspecified atom stereocenters. The van der Waals surface area contributed by atoms with Crippen molar-refractivity contribution in [1.29, 1.82) is 0 Å². The van der Waals surface area contributed by atoms with Gasteiger partial charge in [-0.2, -0.15) is 0 Å². The summed E-state index contributed by atoms with van der Waals surface area (Å²) in [7, 11) is 0. The molecule has 6 heteroatoms. The zero-order valence-corrected chi connectivity index (χ0v) is 15.9. The van der Waals surface area contributed by atoms with E-state index < -0.39 is 0 Å². The Labute approximate surface area is 154 Å². The number of benzene rings is 1. The van der Waals surface area contributed by atoms with Crippen LogP contribution in [0.4, 0.5) is 0 Å². The van der Waals surface area contributed by atoms with Gasteiger partial charge >= 0.3 is 0 Å². The summed E-state index contributed by atoms with van der Waals surface area (Å²) in [6.45, 7) is 2.89. The van der Waals surface area contributed by atoms with Gasteiger partial charge in [-0.05, 0) is 35.6 Å². The van der Waals surface area contributed by atoms with Crippen molar-refractivity contribution in [2.24, 2.45) is 0 Å². The number of thioether (sulfide) groups is 1. The Morgan fingerprint density at radius 3 is 2.96 bits per heavy atom. The van der Waals surface area contributed by atoms with E-state index in [-0.39, 0.29) is 5.56 Å². The number of aromatic nitrogens is 2. The Hall–Kier alpha value is -1.30. The van der Waals surface area contributed by atoms with E-state index in [0.717, 1.165) is 57.5 Å². The predicted octanol–water partition coefficient (Wildman–Crippen LogP) is 5.59. The molecular weight excluding hydrogens is 360 g/mol. The number of hydrogen-bond acceptors (Lipinski definition) is 4. The lowest BCUT2D eigenvalue weighted by Crippen LogP contribution is -2.22. The zero-order valence-electron chi connectivity index (χ0n) is 13.5. The molecule has 0 aliphatic carbocycles. The quantitative estimate of drug-likeness (QED) is 0.305. The molecule has 2 aromatic heterocycles. The molecule has 0 amide bonds. The minimum absolute atomic E-state index is 0.0831. The highest BCUT2D eigenvalue weighted by molar-refractivity contribution is 7.98. The number of hydrogen-bond donors (Lipinski definition) is 0. The van der Waals surface area contributed by atoms with Crippen LogP contribution in [-0.2, 0) is 12.3 Å². The fourth-order valence-corrected chi connectivity index (χ4v) is 4.48. The summed E-state index contributed by atoms with van der Waals surface area (Å²) >= 11 is 9.12. The van der Waals surface area contributed by atoms with Gasteiger partial charge < -0.3 is 0 Å². The fourth-order valence-electron chi connectivity index (χ4n) is 2.53. The molecule has 0 saturated heterocycles.